The number of aliphatic carboxylic acids is 1. The minimum absolute atomic E-state index is 0.211. The molecule has 0 saturated carbocycles. The van der Waals surface area contributed by atoms with E-state index in [1.165, 1.54) is 25.3 Å². The highest BCUT2D eigenvalue weighted by Gasteiger charge is 2.35. The van der Waals surface area contributed by atoms with Crippen LogP contribution in [0.2, 0.25) is 0 Å². The normalized spacial score (nSPS) is 16.7. The predicted octanol–water partition coefficient (Wildman–Crippen LogP) is 1.89. The Bertz CT molecular complexity index is 498. The molecule has 0 saturated heterocycles. The number of hydrogen-bond acceptors (Lipinski definition) is 6. The van der Waals surface area contributed by atoms with Crippen LogP contribution in [0.5, 0.6) is 0 Å². The lowest BCUT2D eigenvalue weighted by molar-refractivity contribution is -0.149. The number of amides is 1. The van der Waals surface area contributed by atoms with Gasteiger partial charge >= 0.3 is 5.97 Å². The van der Waals surface area contributed by atoms with Crippen molar-refractivity contribution in [2.24, 2.45) is 0 Å². The second kappa shape index (κ2) is 17.2. The molecule has 1 amide bonds. The fourth-order valence-corrected chi connectivity index (χ4v) is 3.21. The van der Waals surface area contributed by atoms with Crippen LogP contribution in [-0.2, 0) is 9.59 Å². The van der Waals surface area contributed by atoms with E-state index in [1.807, 2.05) is 5.32 Å². The van der Waals surface area contributed by atoms with Crippen molar-refractivity contribution in [2.45, 2.75) is 115 Å². The van der Waals surface area contributed by atoms with Gasteiger partial charge in [-0.2, -0.15) is 0 Å². The van der Waals surface area contributed by atoms with E-state index in [1.54, 1.807) is 6.08 Å². The van der Waals surface area contributed by atoms with Gasteiger partial charge in [0.15, 0.2) is 6.04 Å². The molecule has 0 aromatic heterocycles. The largest absolute Gasteiger partial charge is 0.480 e. The topological polar surface area (TPSA) is 147 Å². The first kappa shape index (κ1) is 28.5. The molecule has 0 aliphatic carbocycles. The van der Waals surface area contributed by atoms with E-state index in [4.69, 9.17) is 5.11 Å². The number of allylic oxidation sites excluding steroid dienone is 1. The van der Waals surface area contributed by atoms with Crippen LogP contribution in [0.4, 0.5) is 0 Å². The standard InChI is InChI=1S/C22H41NO7/c1-3-4-5-10-13-17(25)14-11-8-6-7-9-12-15-18(26)20(27)21(28)19(22(29)30)23-16(2)24/h12,15,17-21,25-28H,3-11,13-14H2,1-2H3,(H,23,24)(H,29,30)/b15-12+/t17-,18+,19+,20-,21-/m1/s1. The quantitative estimate of drug-likeness (QED) is 0.143. The average molecular weight is 432 g/mol. The zero-order chi connectivity index (χ0) is 22.9. The van der Waals surface area contributed by atoms with Gasteiger partial charge in [0, 0.05) is 6.92 Å². The van der Waals surface area contributed by atoms with Crippen LogP contribution in [0.15, 0.2) is 12.2 Å². The third kappa shape index (κ3) is 13.7. The fourth-order valence-electron chi connectivity index (χ4n) is 3.21. The predicted molar refractivity (Wildman–Crippen MR) is 115 cm³/mol. The maximum Gasteiger partial charge on any atom is 0.329 e. The Kier molecular flexibility index (Phi) is 16.4. The summed E-state index contributed by atoms with van der Waals surface area (Å²) >= 11 is 0. The van der Waals surface area contributed by atoms with Gasteiger partial charge in [0.05, 0.1) is 6.10 Å². The summed E-state index contributed by atoms with van der Waals surface area (Å²) in [5.74, 6) is -2.17. The Labute approximate surface area is 180 Å². The molecule has 0 aliphatic rings. The zero-order valence-corrected chi connectivity index (χ0v) is 18.4. The number of carboxylic acid groups (broad SMARTS) is 1. The Balaban J connectivity index is 4.01. The van der Waals surface area contributed by atoms with Gasteiger partial charge in [-0.3, -0.25) is 4.79 Å². The van der Waals surface area contributed by atoms with Crippen LogP contribution in [0.1, 0.15) is 84.5 Å². The highest BCUT2D eigenvalue weighted by atomic mass is 16.4. The van der Waals surface area contributed by atoms with E-state index in [9.17, 15) is 30.0 Å². The highest BCUT2D eigenvalue weighted by Crippen LogP contribution is 2.13. The van der Waals surface area contributed by atoms with Crippen LogP contribution in [0, 0.1) is 0 Å². The molecule has 0 aromatic rings. The number of nitrogens with one attached hydrogen (secondary N) is 1. The van der Waals surface area contributed by atoms with Crippen molar-refractivity contribution in [3.05, 3.63) is 12.2 Å². The summed E-state index contributed by atoms with van der Waals surface area (Å²) in [5, 5.41) is 50.8. The van der Waals surface area contributed by atoms with E-state index in [-0.39, 0.29) is 6.10 Å². The Hall–Kier alpha value is -1.48. The average Bonchev–Trinajstić information content (AvgIpc) is 2.69. The minimum Gasteiger partial charge on any atom is -0.480 e. The molecule has 0 unspecified atom stereocenters. The molecule has 0 spiro atoms. The molecule has 0 rings (SSSR count). The maximum absolute atomic E-state index is 11.1. The van der Waals surface area contributed by atoms with Gasteiger partial charge < -0.3 is 30.8 Å². The van der Waals surface area contributed by atoms with Crippen LogP contribution in [0.3, 0.4) is 0 Å². The molecule has 0 fully saturated rings. The molecule has 0 radical (unpaired) electrons. The van der Waals surface area contributed by atoms with E-state index in [2.05, 4.69) is 6.92 Å². The number of rotatable bonds is 18. The van der Waals surface area contributed by atoms with Gasteiger partial charge in [0.2, 0.25) is 5.91 Å². The van der Waals surface area contributed by atoms with Crippen molar-refractivity contribution in [3.8, 4) is 0 Å². The Morgan fingerprint density at radius 1 is 0.867 bits per heavy atom. The van der Waals surface area contributed by atoms with E-state index >= 15 is 0 Å². The van der Waals surface area contributed by atoms with Gasteiger partial charge in [-0.15, -0.1) is 0 Å². The SMILES string of the molecule is CCCCCC[C@@H](O)CCCCCC/C=C/[C@H](O)[C@@H](O)[C@H](O)[C@H](NC(C)=O)C(=O)O. The van der Waals surface area contributed by atoms with Gasteiger partial charge in [0.1, 0.15) is 18.3 Å². The molecular formula is C22H41NO7. The third-order valence-corrected chi connectivity index (χ3v) is 5.05. The van der Waals surface area contributed by atoms with Crippen molar-refractivity contribution in [1.82, 2.24) is 5.32 Å². The molecule has 30 heavy (non-hydrogen) atoms. The number of carbonyl (C=O) groups excluding carboxylic acids is 1. The molecule has 0 aliphatic heterocycles. The summed E-state index contributed by atoms with van der Waals surface area (Å²) in [4.78, 5) is 22.1. The molecule has 176 valence electrons. The minimum atomic E-state index is -1.85. The molecule has 0 bridgehead atoms. The first-order valence-corrected chi connectivity index (χ1v) is 11.1. The Morgan fingerprint density at radius 3 is 1.97 bits per heavy atom. The summed E-state index contributed by atoms with van der Waals surface area (Å²) in [6.45, 7) is 3.26. The van der Waals surface area contributed by atoms with E-state index < -0.39 is 36.2 Å². The van der Waals surface area contributed by atoms with Crippen molar-refractivity contribution < 1.29 is 35.1 Å². The van der Waals surface area contributed by atoms with Crippen molar-refractivity contribution in [1.29, 1.82) is 0 Å². The summed E-state index contributed by atoms with van der Waals surface area (Å²) < 4.78 is 0. The van der Waals surface area contributed by atoms with Crippen molar-refractivity contribution in [3.63, 3.8) is 0 Å². The smallest absolute Gasteiger partial charge is 0.329 e. The summed E-state index contributed by atoms with van der Waals surface area (Å²) in [6, 6.07) is -1.71. The molecule has 0 aromatic carbocycles. The van der Waals surface area contributed by atoms with Crippen molar-refractivity contribution >= 4 is 11.9 Å². The van der Waals surface area contributed by atoms with Crippen LogP contribution < -0.4 is 5.32 Å². The zero-order valence-electron chi connectivity index (χ0n) is 18.4. The second-order valence-corrected chi connectivity index (χ2v) is 7.91. The van der Waals surface area contributed by atoms with Gasteiger partial charge in [-0.25, -0.2) is 4.79 Å². The van der Waals surface area contributed by atoms with E-state index in [0.29, 0.717) is 6.42 Å². The fraction of sp³-hybridized carbons (Fsp3) is 0.818. The lowest BCUT2D eigenvalue weighted by Gasteiger charge is -2.26. The molecule has 6 N–H and O–H groups in total. The van der Waals surface area contributed by atoms with Crippen LogP contribution >= 0.6 is 0 Å². The number of carbonyl (C=O) groups is 2. The second-order valence-electron chi connectivity index (χ2n) is 7.91. The molecule has 5 atom stereocenters. The maximum atomic E-state index is 11.1. The summed E-state index contributed by atoms with van der Waals surface area (Å²) in [6.07, 6.45) is 8.67. The lowest BCUT2D eigenvalue weighted by Crippen LogP contribution is -2.55. The van der Waals surface area contributed by atoms with Gasteiger partial charge in [-0.1, -0.05) is 64.0 Å². The monoisotopic (exact) mass is 431 g/mol. The first-order chi connectivity index (χ1) is 14.2. The molecule has 0 heterocycles. The third-order valence-electron chi connectivity index (χ3n) is 5.05. The first-order valence-electron chi connectivity index (χ1n) is 11.1. The van der Waals surface area contributed by atoms with Gasteiger partial charge in [-0.05, 0) is 25.7 Å². The molecule has 8 nitrogen and oxygen atoms in total. The summed E-state index contributed by atoms with van der Waals surface area (Å²) in [7, 11) is 0. The molecule has 8 heteroatoms. The number of aliphatic hydroxyl groups is 4. The Morgan fingerprint density at radius 2 is 1.43 bits per heavy atom. The van der Waals surface area contributed by atoms with Gasteiger partial charge in [0.25, 0.3) is 0 Å². The summed E-state index contributed by atoms with van der Waals surface area (Å²) in [5.41, 5.74) is 0. The van der Waals surface area contributed by atoms with Crippen LogP contribution in [-0.4, -0.2) is 67.9 Å². The van der Waals surface area contributed by atoms with Crippen LogP contribution in [0.25, 0.3) is 0 Å². The molecular weight excluding hydrogens is 390 g/mol. The number of hydrogen-bond donors (Lipinski definition) is 6. The highest BCUT2D eigenvalue weighted by molar-refractivity contribution is 5.82. The van der Waals surface area contributed by atoms with E-state index in [0.717, 1.165) is 51.9 Å². The lowest BCUT2D eigenvalue weighted by atomic mass is 10.00. The number of carboxylic acids is 1. The number of unbranched alkanes of at least 4 members (excludes halogenated alkanes) is 7. The van der Waals surface area contributed by atoms with Crippen molar-refractivity contribution in [2.75, 3.05) is 0 Å². The number of aliphatic hydroxyl groups excluding tert-OH is 4.